The summed E-state index contributed by atoms with van der Waals surface area (Å²) in [7, 11) is 1.99. The lowest BCUT2D eigenvalue weighted by molar-refractivity contribution is 0.325. The molecule has 132 valence electrons. The lowest BCUT2D eigenvalue weighted by Gasteiger charge is -2.19. The van der Waals surface area contributed by atoms with E-state index in [4.69, 9.17) is 9.72 Å². The third-order valence-electron chi connectivity index (χ3n) is 4.29. The van der Waals surface area contributed by atoms with Crippen LogP contribution in [0.2, 0.25) is 0 Å². The van der Waals surface area contributed by atoms with Crippen LogP contribution in [0.25, 0.3) is 16.6 Å². The van der Waals surface area contributed by atoms with Gasteiger partial charge in [0, 0.05) is 12.4 Å². The number of aromatic nitrogens is 4. The Labute approximate surface area is 152 Å². The summed E-state index contributed by atoms with van der Waals surface area (Å²) < 4.78 is 7.68. The minimum atomic E-state index is 0.559. The van der Waals surface area contributed by atoms with Crippen molar-refractivity contribution in [1.82, 2.24) is 19.6 Å². The fraction of sp³-hybridized carbons (Fsp3) is 0.250. The highest BCUT2D eigenvalue weighted by Gasteiger charge is 2.14. The average Bonchev–Trinajstić information content (AvgIpc) is 3.02. The van der Waals surface area contributed by atoms with Crippen molar-refractivity contribution in [2.45, 2.75) is 13.8 Å². The molecule has 0 N–H and O–H groups in total. The molecule has 0 unspecified atom stereocenters. The Morgan fingerprint density at radius 3 is 2.73 bits per heavy atom. The molecule has 4 rings (SSSR count). The fourth-order valence-electron chi connectivity index (χ4n) is 3.00. The van der Waals surface area contributed by atoms with Gasteiger partial charge in [0.05, 0.1) is 12.1 Å². The molecule has 0 fully saturated rings. The molecule has 0 bridgehead atoms. The summed E-state index contributed by atoms with van der Waals surface area (Å²) in [6.07, 6.45) is 0. The first-order valence-electron chi connectivity index (χ1n) is 8.64. The van der Waals surface area contributed by atoms with Gasteiger partial charge in [0.2, 0.25) is 5.95 Å². The van der Waals surface area contributed by atoms with Crippen LogP contribution in [-0.4, -0.2) is 39.8 Å². The molecule has 0 amide bonds. The summed E-state index contributed by atoms with van der Waals surface area (Å²) in [6, 6.07) is 16.1. The van der Waals surface area contributed by atoms with Crippen molar-refractivity contribution >= 4 is 22.5 Å². The largest absolute Gasteiger partial charge is 0.492 e. The fourth-order valence-corrected chi connectivity index (χ4v) is 3.00. The van der Waals surface area contributed by atoms with Gasteiger partial charge in [-0.25, -0.2) is 9.97 Å². The van der Waals surface area contributed by atoms with E-state index >= 15 is 0 Å². The van der Waals surface area contributed by atoms with Gasteiger partial charge in [-0.1, -0.05) is 24.3 Å². The molecule has 0 saturated heterocycles. The van der Waals surface area contributed by atoms with E-state index in [1.807, 2.05) is 65.9 Å². The topological polar surface area (TPSA) is 55.5 Å². The first-order chi connectivity index (χ1) is 12.6. The Balaban J connectivity index is 1.60. The van der Waals surface area contributed by atoms with Crippen molar-refractivity contribution in [2.75, 3.05) is 25.1 Å². The van der Waals surface area contributed by atoms with E-state index in [1.165, 1.54) is 5.56 Å². The maximum atomic E-state index is 5.87. The quantitative estimate of drug-likeness (QED) is 0.554. The molecule has 0 aliphatic heterocycles. The van der Waals surface area contributed by atoms with Crippen LogP contribution in [-0.2, 0) is 0 Å². The van der Waals surface area contributed by atoms with Crippen molar-refractivity contribution in [3.8, 4) is 5.75 Å². The van der Waals surface area contributed by atoms with E-state index in [9.17, 15) is 0 Å². The number of likely N-dealkylation sites (N-methyl/N-ethyl adjacent to an activating group) is 1. The number of benzene rings is 2. The maximum absolute atomic E-state index is 5.87. The number of aryl methyl sites for hydroxylation is 2. The van der Waals surface area contributed by atoms with Crippen molar-refractivity contribution in [3.05, 3.63) is 59.9 Å². The van der Waals surface area contributed by atoms with Gasteiger partial charge in [-0.2, -0.15) is 4.52 Å². The summed E-state index contributed by atoms with van der Waals surface area (Å²) in [4.78, 5) is 11.4. The molecule has 0 aliphatic carbocycles. The number of nitrogens with zero attached hydrogens (tertiary/aromatic N) is 5. The summed E-state index contributed by atoms with van der Waals surface area (Å²) in [5, 5.41) is 5.52. The lowest BCUT2D eigenvalue weighted by Crippen LogP contribution is -2.27. The molecule has 6 heteroatoms. The summed E-state index contributed by atoms with van der Waals surface area (Å²) in [5.41, 5.74) is 2.93. The van der Waals surface area contributed by atoms with Crippen molar-refractivity contribution in [1.29, 1.82) is 0 Å². The predicted molar refractivity (Wildman–Crippen MR) is 103 cm³/mol. The molecular weight excluding hydrogens is 326 g/mol. The highest BCUT2D eigenvalue weighted by atomic mass is 16.5. The van der Waals surface area contributed by atoms with Gasteiger partial charge in [-0.05, 0) is 43.7 Å². The molecule has 2 aromatic heterocycles. The Morgan fingerprint density at radius 2 is 1.88 bits per heavy atom. The molecule has 0 spiro atoms. The van der Waals surface area contributed by atoms with Crippen LogP contribution in [0.1, 0.15) is 11.4 Å². The van der Waals surface area contributed by atoms with Crippen LogP contribution >= 0.6 is 0 Å². The van der Waals surface area contributed by atoms with Gasteiger partial charge in [0.1, 0.15) is 18.2 Å². The molecule has 6 nitrogen and oxygen atoms in total. The van der Waals surface area contributed by atoms with E-state index in [0.717, 1.165) is 34.1 Å². The number of rotatable bonds is 5. The smallest absolute Gasteiger partial charge is 0.229 e. The molecular formula is C20H21N5O. The summed E-state index contributed by atoms with van der Waals surface area (Å²) in [6.45, 7) is 5.20. The van der Waals surface area contributed by atoms with Gasteiger partial charge < -0.3 is 9.64 Å². The minimum absolute atomic E-state index is 0.559. The van der Waals surface area contributed by atoms with Crippen molar-refractivity contribution in [3.63, 3.8) is 0 Å². The molecule has 0 saturated carbocycles. The minimum Gasteiger partial charge on any atom is -0.492 e. The van der Waals surface area contributed by atoms with Crippen LogP contribution in [0.15, 0.2) is 48.5 Å². The highest BCUT2D eigenvalue weighted by Crippen LogP contribution is 2.22. The second kappa shape index (κ2) is 6.63. The number of para-hydroxylation sites is 1. The Hall–Kier alpha value is -3.15. The molecule has 2 heterocycles. The number of anilines is 1. The van der Waals surface area contributed by atoms with Gasteiger partial charge in [-0.15, -0.1) is 5.10 Å². The first kappa shape index (κ1) is 16.3. The summed E-state index contributed by atoms with van der Waals surface area (Å²) >= 11 is 0. The van der Waals surface area contributed by atoms with Crippen molar-refractivity contribution < 1.29 is 4.74 Å². The molecule has 2 aromatic carbocycles. The molecule has 0 atom stereocenters. The second-order valence-corrected chi connectivity index (χ2v) is 6.41. The number of ether oxygens (including phenoxy) is 1. The van der Waals surface area contributed by atoms with Crippen LogP contribution in [0.5, 0.6) is 5.75 Å². The van der Waals surface area contributed by atoms with Crippen LogP contribution in [0, 0.1) is 13.8 Å². The van der Waals surface area contributed by atoms with Crippen molar-refractivity contribution in [2.24, 2.45) is 0 Å². The van der Waals surface area contributed by atoms with Crippen LogP contribution in [0.3, 0.4) is 0 Å². The molecule has 26 heavy (non-hydrogen) atoms. The van der Waals surface area contributed by atoms with E-state index in [-0.39, 0.29) is 0 Å². The van der Waals surface area contributed by atoms with Crippen LogP contribution < -0.4 is 9.64 Å². The zero-order valence-corrected chi connectivity index (χ0v) is 15.2. The normalized spacial score (nSPS) is 11.2. The lowest BCUT2D eigenvalue weighted by atomic mass is 10.2. The number of hydrogen-bond donors (Lipinski definition) is 0. The second-order valence-electron chi connectivity index (χ2n) is 6.41. The van der Waals surface area contributed by atoms with E-state index in [2.05, 4.69) is 23.1 Å². The number of fused-ring (bicyclic) bond motifs is 3. The zero-order valence-electron chi connectivity index (χ0n) is 15.2. The predicted octanol–water partition coefficient (Wildman–Crippen LogP) is 3.41. The Morgan fingerprint density at radius 1 is 1.04 bits per heavy atom. The van der Waals surface area contributed by atoms with Gasteiger partial charge in [0.15, 0.2) is 5.65 Å². The molecule has 0 aliphatic rings. The third-order valence-corrected chi connectivity index (χ3v) is 4.29. The standard InChI is InChI=1S/C20H21N5O/c1-14-7-6-8-16(13-14)26-12-11-24(3)20-22-18-10-5-4-9-17(18)19-21-15(2)23-25(19)20/h4-10,13H,11-12H2,1-3H3. The zero-order chi connectivity index (χ0) is 18.1. The SMILES string of the molecule is Cc1cccc(OCCN(C)c2nc3ccccc3c3nc(C)nn23)c1. The van der Waals surface area contributed by atoms with Gasteiger partial charge in [0.25, 0.3) is 0 Å². The maximum Gasteiger partial charge on any atom is 0.229 e. The monoisotopic (exact) mass is 347 g/mol. The average molecular weight is 347 g/mol. The Bertz CT molecular complexity index is 1070. The van der Waals surface area contributed by atoms with Crippen LogP contribution in [0.4, 0.5) is 5.95 Å². The third kappa shape index (κ3) is 3.06. The van der Waals surface area contributed by atoms with Gasteiger partial charge >= 0.3 is 0 Å². The number of hydrogen-bond acceptors (Lipinski definition) is 5. The molecule has 4 aromatic rings. The first-order valence-corrected chi connectivity index (χ1v) is 8.64. The van der Waals surface area contributed by atoms with Gasteiger partial charge in [-0.3, -0.25) is 0 Å². The molecule has 0 radical (unpaired) electrons. The highest BCUT2D eigenvalue weighted by molar-refractivity contribution is 5.92. The Kier molecular flexibility index (Phi) is 4.16. The van der Waals surface area contributed by atoms with E-state index < -0.39 is 0 Å². The van der Waals surface area contributed by atoms with E-state index in [1.54, 1.807) is 0 Å². The van der Waals surface area contributed by atoms with E-state index in [0.29, 0.717) is 13.2 Å². The summed E-state index contributed by atoms with van der Waals surface area (Å²) in [5.74, 6) is 2.37.